The molecule has 0 unspecified atom stereocenters. The molecule has 0 saturated carbocycles. The van der Waals surface area contributed by atoms with Crippen LogP contribution in [0.25, 0.3) is 0 Å². The number of hydrogen-bond acceptors (Lipinski definition) is 3. The Labute approximate surface area is 70.0 Å². The van der Waals surface area contributed by atoms with Crippen molar-refractivity contribution in [1.82, 2.24) is 0 Å². The minimum Gasteiger partial charge on any atom is -0.423 e. The predicted molar refractivity (Wildman–Crippen MR) is 41.6 cm³/mol. The van der Waals surface area contributed by atoms with Gasteiger partial charge >= 0.3 is 7.12 Å². The molecule has 0 fully saturated rings. The van der Waals surface area contributed by atoms with Gasteiger partial charge in [0.25, 0.3) is 0 Å². The van der Waals surface area contributed by atoms with E-state index in [4.69, 9.17) is 11.4 Å². The van der Waals surface area contributed by atoms with Crippen molar-refractivity contribution in [3.05, 3.63) is 29.6 Å². The SMILES string of the molecule is [2H]C(=O)c1cccc(F)c1B(O)O. The Morgan fingerprint density at radius 3 is 2.67 bits per heavy atom. The summed E-state index contributed by atoms with van der Waals surface area (Å²) in [7, 11) is -2.08. The largest absolute Gasteiger partial charge is 0.492 e. The van der Waals surface area contributed by atoms with Gasteiger partial charge in [0.1, 0.15) is 13.5 Å². The van der Waals surface area contributed by atoms with E-state index in [1.807, 2.05) is 0 Å². The number of benzene rings is 1. The maximum absolute atomic E-state index is 12.9. The lowest BCUT2D eigenvalue weighted by Crippen LogP contribution is -2.35. The molecule has 0 spiro atoms. The lowest BCUT2D eigenvalue weighted by Gasteiger charge is -2.03. The molecule has 3 nitrogen and oxygen atoms in total. The van der Waals surface area contributed by atoms with Crippen molar-refractivity contribution >= 4 is 18.8 Å². The van der Waals surface area contributed by atoms with E-state index >= 15 is 0 Å². The van der Waals surface area contributed by atoms with Crippen molar-refractivity contribution in [2.45, 2.75) is 0 Å². The molecule has 0 heterocycles. The number of hydrogen-bond donors (Lipinski definition) is 2. The van der Waals surface area contributed by atoms with Crippen molar-refractivity contribution in [1.29, 1.82) is 0 Å². The molecule has 1 aromatic rings. The number of rotatable bonds is 2. The summed E-state index contributed by atoms with van der Waals surface area (Å²) in [6, 6.07) is 3.37. The van der Waals surface area contributed by atoms with Crippen LogP contribution in [0.2, 0.25) is 0 Å². The van der Waals surface area contributed by atoms with Gasteiger partial charge in [0, 0.05) is 11.0 Å². The Balaban J connectivity index is 3.34. The van der Waals surface area contributed by atoms with Gasteiger partial charge in [-0.2, -0.15) is 0 Å². The Kier molecular flexibility index (Phi) is 2.15. The molecule has 1 rings (SSSR count). The number of carbonyl (C=O) groups excluding carboxylic acids is 1. The minimum absolute atomic E-state index is 0.338. The molecular weight excluding hydrogens is 162 g/mol. The van der Waals surface area contributed by atoms with Gasteiger partial charge in [0.05, 0.1) is 0 Å². The van der Waals surface area contributed by atoms with Crippen LogP contribution >= 0.6 is 0 Å². The molecular formula is C7H6BFO3. The second-order valence-electron chi connectivity index (χ2n) is 2.18. The Morgan fingerprint density at radius 1 is 1.58 bits per heavy atom. The molecule has 0 aliphatic rings. The van der Waals surface area contributed by atoms with E-state index in [1.165, 1.54) is 6.07 Å². The highest BCUT2D eigenvalue weighted by Crippen LogP contribution is 1.98. The average molecular weight is 169 g/mol. The molecule has 0 amide bonds. The van der Waals surface area contributed by atoms with Gasteiger partial charge in [0.15, 0.2) is 0 Å². The quantitative estimate of drug-likeness (QED) is 0.455. The first kappa shape index (κ1) is 7.45. The Hall–Kier alpha value is -1.20. The van der Waals surface area contributed by atoms with Gasteiger partial charge in [-0.05, 0) is 6.07 Å². The lowest BCUT2D eigenvalue weighted by molar-refractivity contribution is 0.112. The van der Waals surface area contributed by atoms with Gasteiger partial charge in [-0.3, -0.25) is 4.79 Å². The summed E-state index contributed by atoms with van der Waals surface area (Å²) >= 11 is 0. The normalized spacial score (nSPS) is 10.8. The molecule has 0 aromatic heterocycles. The van der Waals surface area contributed by atoms with E-state index in [0.29, 0.717) is 0 Å². The summed E-state index contributed by atoms with van der Waals surface area (Å²) in [5, 5.41) is 17.4. The first-order chi connectivity index (χ1) is 6.04. The standard InChI is InChI=1S/C7H6BFO3/c9-6-3-1-2-5(4-10)7(6)8(11)12/h1-4,11-12H/i4D. The van der Waals surface area contributed by atoms with Crippen LogP contribution in [-0.4, -0.2) is 23.4 Å². The van der Waals surface area contributed by atoms with Crippen LogP contribution in [0.5, 0.6) is 0 Å². The highest BCUT2D eigenvalue weighted by Gasteiger charge is 2.19. The molecule has 0 aliphatic carbocycles. The van der Waals surface area contributed by atoms with Gasteiger partial charge in [-0.25, -0.2) is 4.39 Å². The lowest BCUT2D eigenvalue weighted by atomic mass is 9.77. The molecule has 2 N–H and O–H groups in total. The predicted octanol–water partition coefficient (Wildman–Crippen LogP) is -0.682. The summed E-state index contributed by atoms with van der Waals surface area (Å²) in [5.74, 6) is -0.909. The third-order valence-electron chi connectivity index (χ3n) is 1.42. The maximum atomic E-state index is 12.9. The smallest absolute Gasteiger partial charge is 0.423 e. The summed E-state index contributed by atoms with van der Waals surface area (Å²) in [5.41, 5.74) is -0.891. The van der Waals surface area contributed by atoms with Crippen LogP contribution in [0.3, 0.4) is 0 Å². The zero-order valence-electron chi connectivity index (χ0n) is 6.99. The summed E-state index contributed by atoms with van der Waals surface area (Å²) in [6.07, 6.45) is -1.15. The fourth-order valence-electron chi connectivity index (χ4n) is 0.888. The molecule has 1 aromatic carbocycles. The highest BCUT2D eigenvalue weighted by molar-refractivity contribution is 6.60. The van der Waals surface area contributed by atoms with E-state index in [9.17, 15) is 9.18 Å². The third-order valence-corrected chi connectivity index (χ3v) is 1.42. The zero-order valence-corrected chi connectivity index (χ0v) is 5.99. The van der Waals surface area contributed by atoms with Crippen molar-refractivity contribution in [3.63, 3.8) is 0 Å². The van der Waals surface area contributed by atoms with Gasteiger partial charge < -0.3 is 10.0 Å². The van der Waals surface area contributed by atoms with Crippen LogP contribution in [0.4, 0.5) is 4.39 Å². The maximum Gasteiger partial charge on any atom is 0.492 e. The third kappa shape index (κ3) is 1.52. The second kappa shape index (κ2) is 3.47. The zero-order chi connectivity index (χ0) is 10.0. The van der Waals surface area contributed by atoms with Crippen molar-refractivity contribution in [2.24, 2.45) is 0 Å². The number of aldehydes is 1. The van der Waals surface area contributed by atoms with Crippen LogP contribution in [0.1, 0.15) is 11.7 Å². The van der Waals surface area contributed by atoms with Crippen molar-refractivity contribution in [2.75, 3.05) is 0 Å². The first-order valence-corrected chi connectivity index (χ1v) is 3.19. The Morgan fingerprint density at radius 2 is 2.25 bits per heavy atom. The van der Waals surface area contributed by atoms with Crippen LogP contribution in [-0.2, 0) is 0 Å². The first-order valence-electron chi connectivity index (χ1n) is 3.69. The summed E-state index contributed by atoms with van der Waals surface area (Å²) in [4.78, 5) is 10.6. The van der Waals surface area contributed by atoms with Gasteiger partial charge in [0.2, 0.25) is 0 Å². The van der Waals surface area contributed by atoms with E-state index in [0.717, 1.165) is 12.1 Å². The average Bonchev–Trinajstić information content (AvgIpc) is 2.02. The fourth-order valence-corrected chi connectivity index (χ4v) is 0.888. The van der Waals surface area contributed by atoms with Crippen LogP contribution < -0.4 is 5.46 Å². The van der Waals surface area contributed by atoms with Gasteiger partial charge in [-0.1, -0.05) is 12.1 Å². The second-order valence-corrected chi connectivity index (χ2v) is 2.18. The number of carbonyl (C=O) groups is 1. The van der Waals surface area contributed by atoms with E-state index in [-0.39, 0.29) is 5.56 Å². The van der Waals surface area contributed by atoms with E-state index in [1.54, 1.807) is 0 Å². The molecule has 0 aliphatic heterocycles. The van der Waals surface area contributed by atoms with E-state index < -0.39 is 24.7 Å². The monoisotopic (exact) mass is 169 g/mol. The van der Waals surface area contributed by atoms with Crippen LogP contribution in [0, 0.1) is 5.82 Å². The molecule has 0 atom stereocenters. The molecule has 12 heavy (non-hydrogen) atoms. The minimum atomic E-state index is -2.08. The highest BCUT2D eigenvalue weighted by atomic mass is 19.1. The van der Waals surface area contributed by atoms with E-state index in [2.05, 4.69) is 0 Å². The van der Waals surface area contributed by atoms with Gasteiger partial charge in [-0.15, -0.1) is 0 Å². The van der Waals surface area contributed by atoms with Crippen molar-refractivity contribution < 1.29 is 20.6 Å². The fraction of sp³-hybridized carbons (Fsp3) is 0. The molecule has 0 radical (unpaired) electrons. The number of halogens is 1. The Bertz CT molecular complexity index is 343. The summed E-state index contributed by atoms with van der Waals surface area (Å²) in [6.45, 7) is 0. The molecule has 0 bridgehead atoms. The van der Waals surface area contributed by atoms with Crippen LogP contribution in [0.15, 0.2) is 18.2 Å². The molecule has 0 saturated heterocycles. The topological polar surface area (TPSA) is 57.5 Å². The molecule has 62 valence electrons. The molecule has 5 heteroatoms. The van der Waals surface area contributed by atoms with Crippen molar-refractivity contribution in [3.8, 4) is 0 Å². The summed E-state index contributed by atoms with van der Waals surface area (Å²) < 4.78 is 19.6.